The molecule has 4 rings (SSSR count). The van der Waals surface area contributed by atoms with E-state index >= 15 is 0 Å². The lowest BCUT2D eigenvalue weighted by Crippen LogP contribution is -2.03. The van der Waals surface area contributed by atoms with Crippen molar-refractivity contribution < 1.29 is 4.79 Å². The molecule has 4 nitrogen and oxygen atoms in total. The first-order chi connectivity index (χ1) is 11.2. The molecule has 1 aliphatic rings. The molecule has 0 bridgehead atoms. The topological polar surface area (TPSA) is 70.9 Å². The van der Waals surface area contributed by atoms with E-state index in [9.17, 15) is 4.79 Å². The number of H-pyrrole nitrogens is 1. The standard InChI is InChI=1S/C19H15N3O.ClH/c20-13-5-1-4-12(10-13)15-7-2-8-17-18(15)16(19(23)22-17)11-14-6-3-9-21-14;/h1-11,21H,20H2,(H,22,23);1H. The smallest absolute Gasteiger partial charge is 0.256 e. The van der Waals surface area contributed by atoms with Crippen molar-refractivity contribution in [1.82, 2.24) is 4.98 Å². The first-order valence-electron chi connectivity index (χ1n) is 7.38. The highest BCUT2D eigenvalue weighted by Crippen LogP contribution is 2.40. The summed E-state index contributed by atoms with van der Waals surface area (Å²) in [5.74, 6) is -0.0917. The number of nitrogen functional groups attached to an aromatic ring is 1. The average molecular weight is 338 g/mol. The van der Waals surface area contributed by atoms with E-state index in [4.69, 9.17) is 5.73 Å². The number of carbonyl (C=O) groups excluding carboxylic acids is 1. The van der Waals surface area contributed by atoms with E-state index in [1.165, 1.54) is 0 Å². The molecule has 0 atom stereocenters. The van der Waals surface area contributed by atoms with Gasteiger partial charge < -0.3 is 16.0 Å². The Morgan fingerprint density at radius 3 is 2.58 bits per heavy atom. The number of nitrogens with two attached hydrogens (primary N) is 1. The van der Waals surface area contributed by atoms with Gasteiger partial charge in [0.1, 0.15) is 0 Å². The molecule has 0 spiro atoms. The minimum absolute atomic E-state index is 0. The van der Waals surface area contributed by atoms with Gasteiger partial charge >= 0.3 is 0 Å². The Balaban J connectivity index is 0.00000169. The number of amides is 1. The van der Waals surface area contributed by atoms with Crippen LogP contribution >= 0.6 is 12.4 Å². The lowest BCUT2D eigenvalue weighted by molar-refractivity contribution is -0.110. The molecule has 2 heterocycles. The number of aromatic amines is 1. The predicted molar refractivity (Wildman–Crippen MR) is 101 cm³/mol. The van der Waals surface area contributed by atoms with E-state index < -0.39 is 0 Å². The molecule has 2 aromatic carbocycles. The normalized spacial score (nSPS) is 14.2. The zero-order valence-electron chi connectivity index (χ0n) is 12.7. The number of anilines is 2. The molecule has 0 saturated carbocycles. The van der Waals surface area contributed by atoms with Crippen molar-refractivity contribution in [3.8, 4) is 11.1 Å². The molecule has 0 unspecified atom stereocenters. The monoisotopic (exact) mass is 337 g/mol. The average Bonchev–Trinajstić information content (AvgIpc) is 3.16. The van der Waals surface area contributed by atoms with Gasteiger partial charge in [0.25, 0.3) is 5.91 Å². The van der Waals surface area contributed by atoms with E-state index in [0.29, 0.717) is 11.3 Å². The van der Waals surface area contributed by atoms with Crippen molar-refractivity contribution in [2.45, 2.75) is 0 Å². The summed E-state index contributed by atoms with van der Waals surface area (Å²) in [5, 5.41) is 2.93. The maximum absolute atomic E-state index is 12.4. The maximum atomic E-state index is 12.4. The third-order valence-corrected chi connectivity index (χ3v) is 3.95. The summed E-state index contributed by atoms with van der Waals surface area (Å²) in [5.41, 5.74) is 11.9. The third kappa shape index (κ3) is 2.68. The molecule has 0 saturated heterocycles. The van der Waals surface area contributed by atoms with Crippen molar-refractivity contribution in [3.05, 3.63) is 72.1 Å². The molecule has 24 heavy (non-hydrogen) atoms. The van der Waals surface area contributed by atoms with Gasteiger partial charge in [0, 0.05) is 28.8 Å². The fourth-order valence-corrected chi connectivity index (χ4v) is 2.92. The molecule has 3 aromatic rings. The molecule has 4 N–H and O–H groups in total. The number of rotatable bonds is 2. The Hall–Kier alpha value is -2.98. The largest absolute Gasteiger partial charge is 0.399 e. The Morgan fingerprint density at radius 1 is 1.00 bits per heavy atom. The minimum atomic E-state index is -0.0917. The molecule has 0 aliphatic carbocycles. The zero-order valence-corrected chi connectivity index (χ0v) is 13.6. The highest BCUT2D eigenvalue weighted by Gasteiger charge is 2.27. The highest BCUT2D eigenvalue weighted by atomic mass is 35.5. The molecule has 1 amide bonds. The third-order valence-electron chi connectivity index (χ3n) is 3.95. The molecule has 1 aromatic heterocycles. The fraction of sp³-hybridized carbons (Fsp3) is 0. The van der Waals surface area contributed by atoms with Crippen LogP contribution in [0, 0.1) is 0 Å². The highest BCUT2D eigenvalue weighted by molar-refractivity contribution is 6.36. The van der Waals surface area contributed by atoms with Crippen LogP contribution in [-0.2, 0) is 4.79 Å². The van der Waals surface area contributed by atoms with Crippen molar-refractivity contribution in [1.29, 1.82) is 0 Å². The van der Waals surface area contributed by atoms with Crippen LogP contribution in [0.1, 0.15) is 11.3 Å². The van der Waals surface area contributed by atoms with Crippen LogP contribution in [0.4, 0.5) is 11.4 Å². The summed E-state index contributed by atoms with van der Waals surface area (Å²) < 4.78 is 0. The predicted octanol–water partition coefficient (Wildman–Crippen LogP) is 4.18. The summed E-state index contributed by atoms with van der Waals surface area (Å²) >= 11 is 0. The van der Waals surface area contributed by atoms with Crippen LogP contribution in [0.2, 0.25) is 0 Å². The van der Waals surface area contributed by atoms with Gasteiger partial charge in [-0.25, -0.2) is 0 Å². The second-order valence-corrected chi connectivity index (χ2v) is 5.49. The number of carbonyl (C=O) groups is 1. The van der Waals surface area contributed by atoms with E-state index in [1.807, 2.05) is 66.9 Å². The van der Waals surface area contributed by atoms with E-state index in [0.717, 1.165) is 28.1 Å². The molecule has 120 valence electrons. The lowest BCUT2D eigenvalue weighted by Gasteiger charge is -2.09. The lowest BCUT2D eigenvalue weighted by atomic mass is 9.94. The summed E-state index contributed by atoms with van der Waals surface area (Å²) in [6, 6.07) is 17.4. The second kappa shape index (κ2) is 6.26. The van der Waals surface area contributed by atoms with E-state index in [2.05, 4.69) is 10.3 Å². The Bertz CT molecular complexity index is 930. The van der Waals surface area contributed by atoms with Crippen LogP contribution in [-0.4, -0.2) is 10.9 Å². The quantitative estimate of drug-likeness (QED) is 0.485. The number of fused-ring (bicyclic) bond motifs is 1. The second-order valence-electron chi connectivity index (χ2n) is 5.49. The van der Waals surface area contributed by atoms with E-state index in [1.54, 1.807) is 0 Å². The van der Waals surface area contributed by atoms with Gasteiger partial charge in [-0.15, -0.1) is 12.4 Å². The van der Waals surface area contributed by atoms with Crippen molar-refractivity contribution in [3.63, 3.8) is 0 Å². The molecular formula is C19H16ClN3O. The van der Waals surface area contributed by atoms with Crippen LogP contribution < -0.4 is 11.1 Å². The van der Waals surface area contributed by atoms with Crippen LogP contribution in [0.15, 0.2) is 60.8 Å². The Kier molecular flexibility index (Phi) is 4.15. The van der Waals surface area contributed by atoms with Crippen molar-refractivity contribution in [2.24, 2.45) is 0 Å². The Morgan fingerprint density at radius 2 is 1.83 bits per heavy atom. The summed E-state index contributed by atoms with van der Waals surface area (Å²) in [4.78, 5) is 15.5. The van der Waals surface area contributed by atoms with Gasteiger partial charge in [-0.05, 0) is 47.5 Å². The van der Waals surface area contributed by atoms with Gasteiger partial charge in [-0.2, -0.15) is 0 Å². The number of nitrogens with one attached hydrogen (secondary N) is 2. The zero-order chi connectivity index (χ0) is 15.8. The number of halogens is 1. The molecule has 1 aliphatic heterocycles. The van der Waals surface area contributed by atoms with Gasteiger partial charge in [0.2, 0.25) is 0 Å². The number of hydrogen-bond acceptors (Lipinski definition) is 2. The number of benzene rings is 2. The van der Waals surface area contributed by atoms with Gasteiger partial charge in [-0.1, -0.05) is 24.3 Å². The van der Waals surface area contributed by atoms with E-state index in [-0.39, 0.29) is 18.3 Å². The minimum Gasteiger partial charge on any atom is -0.399 e. The van der Waals surface area contributed by atoms with Crippen LogP contribution in [0.3, 0.4) is 0 Å². The fourth-order valence-electron chi connectivity index (χ4n) is 2.92. The first-order valence-corrected chi connectivity index (χ1v) is 7.38. The molecule has 0 radical (unpaired) electrons. The SMILES string of the molecule is Cl.Nc1cccc(-c2cccc3c2C(=Cc2ccc[nH]2)C(=O)N3)c1. The number of aromatic nitrogens is 1. The van der Waals surface area contributed by atoms with Crippen LogP contribution in [0.5, 0.6) is 0 Å². The van der Waals surface area contributed by atoms with Gasteiger partial charge in [-0.3, -0.25) is 4.79 Å². The molecular weight excluding hydrogens is 322 g/mol. The van der Waals surface area contributed by atoms with Gasteiger partial charge in [0.05, 0.1) is 5.57 Å². The summed E-state index contributed by atoms with van der Waals surface area (Å²) in [6.07, 6.45) is 3.71. The summed E-state index contributed by atoms with van der Waals surface area (Å²) in [6.45, 7) is 0. The van der Waals surface area contributed by atoms with Crippen LogP contribution in [0.25, 0.3) is 22.8 Å². The maximum Gasteiger partial charge on any atom is 0.256 e. The Labute approximate surface area is 145 Å². The summed E-state index contributed by atoms with van der Waals surface area (Å²) in [7, 11) is 0. The molecule has 5 heteroatoms. The van der Waals surface area contributed by atoms with Gasteiger partial charge in [0.15, 0.2) is 0 Å². The van der Waals surface area contributed by atoms with Crippen molar-refractivity contribution in [2.75, 3.05) is 11.1 Å². The first kappa shape index (κ1) is 15.9. The molecule has 0 fully saturated rings. The van der Waals surface area contributed by atoms with Crippen molar-refractivity contribution >= 4 is 41.3 Å². The number of hydrogen-bond donors (Lipinski definition) is 3.